The highest BCUT2D eigenvalue weighted by Gasteiger charge is 2.32. The van der Waals surface area contributed by atoms with Crippen LogP contribution in [0, 0.1) is 20.2 Å². The molecule has 0 aliphatic heterocycles. The number of alkyl halides is 1. The van der Waals surface area contributed by atoms with Gasteiger partial charge in [-0.25, -0.2) is 0 Å². The van der Waals surface area contributed by atoms with E-state index in [9.17, 15) is 39.0 Å². The lowest BCUT2D eigenvalue weighted by Crippen LogP contribution is -2.31. The Balaban J connectivity index is 0. The van der Waals surface area contributed by atoms with Gasteiger partial charge < -0.3 is 25.1 Å². The molecule has 0 fully saturated rings. The number of rotatable bonds is 11. The Morgan fingerprint density at radius 1 is 0.712 bits per heavy atom. The van der Waals surface area contributed by atoms with Crippen molar-refractivity contribution in [2.75, 3.05) is 39.3 Å². The van der Waals surface area contributed by atoms with Crippen LogP contribution in [0.2, 0.25) is 0 Å². The van der Waals surface area contributed by atoms with Gasteiger partial charge in [0, 0.05) is 36.6 Å². The SMILES string of the molecule is CCO.CCOC(=O)C(C)(C)c1ccc(N)cc1.CCOC(=O)C(C)(C)c1ccc([N+](=O)[O-])cc1.CCOC(=O)Cc1ccc([N+](=O)[O-])cc1.[2H]CF. The molecule has 0 aliphatic rings. The van der Waals surface area contributed by atoms with Crippen molar-refractivity contribution in [2.24, 2.45) is 0 Å². The van der Waals surface area contributed by atoms with Crippen molar-refractivity contribution < 1.29 is 49.3 Å². The van der Waals surface area contributed by atoms with Crippen LogP contribution in [0.15, 0.2) is 72.8 Å². The summed E-state index contributed by atoms with van der Waals surface area (Å²) in [6.45, 7) is 15.4. The molecule has 0 heterocycles. The molecule has 0 aromatic heterocycles. The average Bonchev–Trinajstić information content (AvgIpc) is 3.10. The van der Waals surface area contributed by atoms with E-state index in [-0.39, 0.29) is 42.3 Å². The van der Waals surface area contributed by atoms with Crippen LogP contribution >= 0.6 is 0 Å². The molecule has 288 valence electrons. The van der Waals surface area contributed by atoms with E-state index in [2.05, 4.69) is 0 Å². The predicted octanol–water partition coefficient (Wildman–Crippen LogP) is 6.83. The lowest BCUT2D eigenvalue weighted by atomic mass is 9.85. The van der Waals surface area contributed by atoms with Gasteiger partial charge >= 0.3 is 17.9 Å². The number of nitrogen functional groups attached to an aromatic ring is 1. The van der Waals surface area contributed by atoms with Crippen LogP contribution in [0.3, 0.4) is 0 Å². The standard InChI is InChI=1S/C12H15NO4.C12H17NO2.C10H11NO4.C2H6O.CH3F/c1-4-17-11(14)12(2,3)9-5-7-10(8-6-9)13(15)16;1-4-15-11(14)12(2,3)9-5-7-10(13)8-6-9;1-2-15-10(12)7-8-3-5-9(6-4-8)11(13)14;1-2-3;1-2/h5-8H,4H2,1-3H3;5-8H,4,13H2,1-3H3;3-6H,2,7H2,1H3;3H,2H2,1H3;1H3/i;;;;1D. The third kappa shape index (κ3) is 17.5. The normalized spacial score (nSPS) is 10.3. The first-order chi connectivity index (χ1) is 24.8. The van der Waals surface area contributed by atoms with Gasteiger partial charge in [0.05, 0.1) is 55.4 Å². The van der Waals surface area contributed by atoms with Crippen LogP contribution in [0.4, 0.5) is 21.5 Å². The number of nitrogens with zero attached hydrogens (tertiary/aromatic N) is 2. The zero-order valence-corrected chi connectivity index (χ0v) is 31.1. The molecule has 0 unspecified atom stereocenters. The summed E-state index contributed by atoms with van der Waals surface area (Å²) in [4.78, 5) is 54.4. The first-order valence-corrected chi connectivity index (χ1v) is 16.1. The molecular formula is C37H52FN3O11. The molecule has 0 radical (unpaired) electrons. The van der Waals surface area contributed by atoms with Crippen LogP contribution in [0.5, 0.6) is 0 Å². The minimum absolute atomic E-state index is 0.00779. The van der Waals surface area contributed by atoms with E-state index in [1.807, 2.05) is 26.0 Å². The number of nitro groups is 2. The van der Waals surface area contributed by atoms with Crippen molar-refractivity contribution in [1.29, 1.82) is 0 Å². The summed E-state index contributed by atoms with van der Waals surface area (Å²) < 4.78 is 30.2. The number of hydrogen-bond acceptors (Lipinski definition) is 12. The van der Waals surface area contributed by atoms with Gasteiger partial charge in [-0.15, -0.1) is 0 Å². The Morgan fingerprint density at radius 3 is 1.33 bits per heavy atom. The first-order valence-electron chi connectivity index (χ1n) is 16.8. The Bertz CT molecular complexity index is 1530. The molecule has 0 bridgehead atoms. The third-order valence-electron chi connectivity index (χ3n) is 6.80. The summed E-state index contributed by atoms with van der Waals surface area (Å²) in [6.07, 6.45) is 0.145. The van der Waals surface area contributed by atoms with Gasteiger partial charge in [-0.3, -0.25) is 39.0 Å². The Morgan fingerprint density at radius 2 is 1.02 bits per heavy atom. The molecule has 0 saturated carbocycles. The number of carbonyl (C=O) groups is 3. The molecule has 0 aliphatic carbocycles. The summed E-state index contributed by atoms with van der Waals surface area (Å²) in [6, 6.07) is 19.1. The fourth-order valence-electron chi connectivity index (χ4n) is 3.87. The monoisotopic (exact) mass is 734 g/mol. The fraction of sp³-hybridized carbons (Fsp3) is 0.432. The number of esters is 3. The lowest BCUT2D eigenvalue weighted by Gasteiger charge is -2.22. The van der Waals surface area contributed by atoms with Gasteiger partial charge in [0.2, 0.25) is 0 Å². The van der Waals surface area contributed by atoms with Crippen LogP contribution in [0.25, 0.3) is 0 Å². The highest BCUT2D eigenvalue weighted by molar-refractivity contribution is 5.83. The number of anilines is 1. The van der Waals surface area contributed by atoms with Gasteiger partial charge in [-0.1, -0.05) is 36.4 Å². The van der Waals surface area contributed by atoms with E-state index in [1.165, 1.54) is 24.3 Å². The van der Waals surface area contributed by atoms with Gasteiger partial charge in [0.25, 0.3) is 11.4 Å². The second-order valence-electron chi connectivity index (χ2n) is 11.3. The zero-order chi connectivity index (χ0) is 41.2. The van der Waals surface area contributed by atoms with Crippen LogP contribution in [-0.2, 0) is 45.8 Å². The van der Waals surface area contributed by atoms with Crippen LogP contribution < -0.4 is 5.73 Å². The molecule has 0 amide bonds. The molecule has 0 atom stereocenters. The Kier molecular flexibility index (Phi) is 22.8. The molecule has 3 aromatic rings. The van der Waals surface area contributed by atoms with Crippen molar-refractivity contribution in [3.63, 3.8) is 0 Å². The van der Waals surface area contributed by atoms with E-state index in [0.717, 1.165) is 5.56 Å². The number of halogens is 1. The minimum Gasteiger partial charge on any atom is -0.466 e. The van der Waals surface area contributed by atoms with E-state index in [4.69, 9.17) is 26.4 Å². The maximum atomic E-state index is 11.7. The Labute approximate surface area is 305 Å². The highest BCUT2D eigenvalue weighted by atomic mass is 19.1. The van der Waals surface area contributed by atoms with Crippen LogP contribution in [-0.4, -0.2) is 66.4 Å². The second kappa shape index (κ2) is 25.5. The number of aliphatic hydroxyl groups is 1. The molecule has 52 heavy (non-hydrogen) atoms. The number of hydrogen-bond donors (Lipinski definition) is 2. The molecule has 3 aromatic carbocycles. The van der Waals surface area contributed by atoms with Crippen molar-refractivity contribution in [1.82, 2.24) is 0 Å². The van der Waals surface area contributed by atoms with Gasteiger partial charge in [0.1, 0.15) is 0 Å². The number of nitrogens with two attached hydrogens (primary N) is 1. The summed E-state index contributed by atoms with van der Waals surface area (Å²) in [7, 11) is -1.00. The van der Waals surface area contributed by atoms with Crippen LogP contribution in [0.1, 0.15) is 73.5 Å². The average molecular weight is 735 g/mol. The molecular weight excluding hydrogens is 681 g/mol. The zero-order valence-electron chi connectivity index (χ0n) is 32.1. The topological polar surface area (TPSA) is 211 Å². The number of carbonyl (C=O) groups excluding carboxylic acids is 3. The quantitative estimate of drug-likeness (QED) is 0.0682. The molecule has 15 heteroatoms. The summed E-state index contributed by atoms with van der Waals surface area (Å²) in [5.41, 5.74) is 7.20. The predicted molar refractivity (Wildman–Crippen MR) is 196 cm³/mol. The number of nitro benzene ring substituents is 2. The lowest BCUT2D eigenvalue weighted by molar-refractivity contribution is -0.385. The largest absolute Gasteiger partial charge is 0.466 e. The maximum Gasteiger partial charge on any atom is 0.315 e. The third-order valence-corrected chi connectivity index (χ3v) is 6.80. The van der Waals surface area contributed by atoms with Crippen molar-refractivity contribution in [3.8, 4) is 0 Å². The minimum atomic E-state index is -1.00. The number of non-ortho nitro benzene ring substituents is 2. The summed E-state index contributed by atoms with van der Waals surface area (Å²) >= 11 is 0. The molecule has 3 N–H and O–H groups in total. The number of benzene rings is 3. The molecule has 0 spiro atoms. The number of ether oxygens (including phenoxy) is 3. The second-order valence-corrected chi connectivity index (χ2v) is 11.3. The smallest absolute Gasteiger partial charge is 0.315 e. The summed E-state index contributed by atoms with van der Waals surface area (Å²) in [5.74, 6) is -0.880. The maximum absolute atomic E-state index is 11.7. The van der Waals surface area contributed by atoms with E-state index in [1.54, 1.807) is 77.9 Å². The van der Waals surface area contributed by atoms with Gasteiger partial charge in [0.15, 0.2) is 0 Å². The number of aliphatic hydroxyl groups excluding tert-OH is 1. The van der Waals surface area contributed by atoms with Gasteiger partial charge in [-0.2, -0.15) is 0 Å². The van der Waals surface area contributed by atoms with Crippen molar-refractivity contribution in [2.45, 2.75) is 72.6 Å². The summed E-state index contributed by atoms with van der Waals surface area (Å²) in [5, 5.41) is 28.4. The molecule has 14 nitrogen and oxygen atoms in total. The Hall–Kier alpha value is -5.44. The van der Waals surface area contributed by atoms with E-state index < -0.39 is 27.8 Å². The van der Waals surface area contributed by atoms with E-state index >= 15 is 0 Å². The fourth-order valence-corrected chi connectivity index (χ4v) is 3.87. The molecule has 0 saturated heterocycles. The van der Waals surface area contributed by atoms with Crippen molar-refractivity contribution in [3.05, 3.63) is 110 Å². The van der Waals surface area contributed by atoms with Gasteiger partial charge in [-0.05, 0) is 84.2 Å². The molecule has 3 rings (SSSR count). The van der Waals surface area contributed by atoms with Crippen molar-refractivity contribution >= 4 is 35.0 Å². The first kappa shape index (κ1) is 46.6. The highest BCUT2D eigenvalue weighted by Crippen LogP contribution is 2.27. The van der Waals surface area contributed by atoms with E-state index in [0.29, 0.717) is 36.6 Å².